The summed E-state index contributed by atoms with van der Waals surface area (Å²) in [5, 5.41) is 0. The Hall–Kier alpha value is -0.900. The molecule has 0 atom stereocenters. The van der Waals surface area contributed by atoms with Crippen LogP contribution in [-0.4, -0.2) is 43.9 Å². The predicted molar refractivity (Wildman–Crippen MR) is 75.0 cm³/mol. The van der Waals surface area contributed by atoms with E-state index >= 15 is 0 Å². The second kappa shape index (κ2) is 6.51. The highest BCUT2D eigenvalue weighted by Crippen LogP contribution is 2.32. The fraction of sp³-hybridized carbons (Fsp3) is 0.625. The first-order chi connectivity index (χ1) is 9.42. The third-order valence-electron chi connectivity index (χ3n) is 4.24. The summed E-state index contributed by atoms with van der Waals surface area (Å²) in [7, 11) is 0. The van der Waals surface area contributed by atoms with Gasteiger partial charge in [0.05, 0.1) is 19.8 Å². The van der Waals surface area contributed by atoms with Crippen molar-refractivity contribution in [2.24, 2.45) is 5.92 Å². The van der Waals surface area contributed by atoms with Crippen molar-refractivity contribution in [2.75, 3.05) is 32.9 Å². The van der Waals surface area contributed by atoms with E-state index in [1.54, 1.807) is 0 Å². The van der Waals surface area contributed by atoms with Gasteiger partial charge in [-0.15, -0.1) is 0 Å². The Balaban J connectivity index is 1.31. The van der Waals surface area contributed by atoms with Gasteiger partial charge in [0, 0.05) is 25.7 Å². The van der Waals surface area contributed by atoms with Gasteiger partial charge in [-0.05, 0) is 24.3 Å². The van der Waals surface area contributed by atoms with E-state index in [-0.39, 0.29) is 0 Å². The number of benzene rings is 1. The van der Waals surface area contributed by atoms with Crippen LogP contribution in [0.4, 0.5) is 0 Å². The Morgan fingerprint density at radius 3 is 2.58 bits per heavy atom. The standard InChI is InChI=1S/C16H23NO2/c1-2-4-14(5-3-1)12-19-13-15-10-16(11-15)17-6-8-18-9-7-17/h1-5,15-16H,6-13H2. The van der Waals surface area contributed by atoms with Gasteiger partial charge < -0.3 is 9.47 Å². The molecule has 3 heteroatoms. The Morgan fingerprint density at radius 2 is 1.84 bits per heavy atom. The van der Waals surface area contributed by atoms with Gasteiger partial charge in [-0.3, -0.25) is 4.90 Å². The van der Waals surface area contributed by atoms with Crippen molar-refractivity contribution in [1.82, 2.24) is 4.90 Å². The van der Waals surface area contributed by atoms with Gasteiger partial charge in [-0.25, -0.2) is 0 Å². The molecule has 19 heavy (non-hydrogen) atoms. The molecule has 1 heterocycles. The van der Waals surface area contributed by atoms with E-state index in [0.29, 0.717) is 0 Å². The van der Waals surface area contributed by atoms with Crippen LogP contribution in [-0.2, 0) is 16.1 Å². The summed E-state index contributed by atoms with van der Waals surface area (Å²) in [5.41, 5.74) is 1.27. The smallest absolute Gasteiger partial charge is 0.0717 e. The zero-order valence-electron chi connectivity index (χ0n) is 11.5. The summed E-state index contributed by atoms with van der Waals surface area (Å²) < 4.78 is 11.2. The molecule has 0 spiro atoms. The van der Waals surface area contributed by atoms with Crippen molar-refractivity contribution < 1.29 is 9.47 Å². The van der Waals surface area contributed by atoms with E-state index in [0.717, 1.165) is 51.5 Å². The van der Waals surface area contributed by atoms with Crippen LogP contribution in [0, 0.1) is 5.92 Å². The third-order valence-corrected chi connectivity index (χ3v) is 4.24. The van der Waals surface area contributed by atoms with Crippen molar-refractivity contribution in [3.8, 4) is 0 Å². The van der Waals surface area contributed by atoms with Crippen LogP contribution in [0.2, 0.25) is 0 Å². The normalized spacial score (nSPS) is 28.0. The maximum Gasteiger partial charge on any atom is 0.0717 e. The Bertz CT molecular complexity index is 370. The lowest BCUT2D eigenvalue weighted by Gasteiger charge is -2.44. The average molecular weight is 261 g/mol. The monoisotopic (exact) mass is 261 g/mol. The van der Waals surface area contributed by atoms with Gasteiger partial charge in [0.15, 0.2) is 0 Å². The Labute approximate surface area is 115 Å². The average Bonchev–Trinajstić information content (AvgIpc) is 2.43. The number of hydrogen-bond acceptors (Lipinski definition) is 3. The summed E-state index contributed by atoms with van der Waals surface area (Å²) in [4.78, 5) is 2.58. The van der Waals surface area contributed by atoms with E-state index in [4.69, 9.17) is 9.47 Å². The van der Waals surface area contributed by atoms with Gasteiger partial charge in [-0.2, -0.15) is 0 Å². The highest BCUT2D eigenvalue weighted by atomic mass is 16.5. The van der Waals surface area contributed by atoms with E-state index < -0.39 is 0 Å². The Morgan fingerprint density at radius 1 is 1.11 bits per heavy atom. The molecule has 3 nitrogen and oxygen atoms in total. The number of hydrogen-bond donors (Lipinski definition) is 0. The SMILES string of the molecule is c1ccc(COCC2CC(N3CCOCC3)C2)cc1. The molecule has 1 aromatic carbocycles. The zero-order chi connectivity index (χ0) is 12.9. The fourth-order valence-electron chi connectivity index (χ4n) is 3.00. The third kappa shape index (κ3) is 3.56. The van der Waals surface area contributed by atoms with E-state index in [2.05, 4.69) is 29.2 Å². The first kappa shape index (κ1) is 13.1. The maximum atomic E-state index is 5.82. The molecule has 0 amide bonds. The molecule has 2 fully saturated rings. The lowest BCUT2D eigenvalue weighted by atomic mass is 9.79. The van der Waals surface area contributed by atoms with E-state index in [1.807, 2.05) is 6.07 Å². The molecule has 0 N–H and O–H groups in total. The van der Waals surface area contributed by atoms with Gasteiger partial charge in [-0.1, -0.05) is 30.3 Å². The largest absolute Gasteiger partial charge is 0.379 e. The number of ether oxygens (including phenoxy) is 2. The molecule has 1 saturated heterocycles. The number of morpholine rings is 1. The van der Waals surface area contributed by atoms with Crippen LogP contribution in [0.3, 0.4) is 0 Å². The predicted octanol–water partition coefficient (Wildman–Crippen LogP) is 2.31. The summed E-state index contributed by atoms with van der Waals surface area (Å²) in [6.45, 7) is 5.71. The van der Waals surface area contributed by atoms with Crippen LogP contribution >= 0.6 is 0 Å². The minimum atomic E-state index is 0.750. The number of nitrogens with zero attached hydrogens (tertiary/aromatic N) is 1. The topological polar surface area (TPSA) is 21.7 Å². The van der Waals surface area contributed by atoms with Crippen LogP contribution in [0.1, 0.15) is 18.4 Å². The molecular formula is C16H23NO2. The lowest BCUT2D eigenvalue weighted by molar-refractivity contribution is -0.0370. The van der Waals surface area contributed by atoms with Crippen LogP contribution in [0.25, 0.3) is 0 Å². The molecule has 0 unspecified atom stereocenters. The molecule has 3 rings (SSSR count). The minimum Gasteiger partial charge on any atom is -0.379 e. The van der Waals surface area contributed by atoms with Gasteiger partial charge in [0.2, 0.25) is 0 Å². The molecular weight excluding hydrogens is 238 g/mol. The van der Waals surface area contributed by atoms with Crippen molar-refractivity contribution in [1.29, 1.82) is 0 Å². The molecule has 1 saturated carbocycles. The van der Waals surface area contributed by atoms with Crippen molar-refractivity contribution in [2.45, 2.75) is 25.5 Å². The van der Waals surface area contributed by atoms with Crippen molar-refractivity contribution in [3.05, 3.63) is 35.9 Å². The van der Waals surface area contributed by atoms with Gasteiger partial charge in [0.25, 0.3) is 0 Å². The van der Waals surface area contributed by atoms with Gasteiger partial charge >= 0.3 is 0 Å². The van der Waals surface area contributed by atoms with Crippen molar-refractivity contribution in [3.63, 3.8) is 0 Å². The number of rotatable bonds is 5. The molecule has 104 valence electrons. The summed E-state index contributed by atoms with van der Waals surface area (Å²) in [5.74, 6) is 0.761. The van der Waals surface area contributed by atoms with E-state index in [9.17, 15) is 0 Å². The zero-order valence-corrected chi connectivity index (χ0v) is 11.5. The minimum absolute atomic E-state index is 0.750. The quantitative estimate of drug-likeness (QED) is 0.812. The van der Waals surface area contributed by atoms with Crippen molar-refractivity contribution >= 4 is 0 Å². The second-order valence-corrected chi connectivity index (χ2v) is 5.64. The molecule has 1 aliphatic carbocycles. The van der Waals surface area contributed by atoms with Crippen LogP contribution < -0.4 is 0 Å². The first-order valence-electron chi connectivity index (χ1n) is 7.35. The van der Waals surface area contributed by atoms with Gasteiger partial charge in [0.1, 0.15) is 0 Å². The Kier molecular flexibility index (Phi) is 4.49. The summed E-state index contributed by atoms with van der Waals surface area (Å²) >= 11 is 0. The summed E-state index contributed by atoms with van der Waals surface area (Å²) in [6, 6.07) is 11.2. The molecule has 0 radical (unpaired) electrons. The van der Waals surface area contributed by atoms with Crippen LogP contribution in [0.5, 0.6) is 0 Å². The highest BCUT2D eigenvalue weighted by Gasteiger charge is 2.34. The first-order valence-corrected chi connectivity index (χ1v) is 7.35. The molecule has 2 aliphatic rings. The van der Waals surface area contributed by atoms with Crippen LogP contribution in [0.15, 0.2) is 30.3 Å². The molecule has 0 aromatic heterocycles. The fourth-order valence-corrected chi connectivity index (χ4v) is 3.00. The molecule has 0 bridgehead atoms. The lowest BCUT2D eigenvalue weighted by Crippen LogP contribution is -2.50. The second-order valence-electron chi connectivity index (χ2n) is 5.64. The highest BCUT2D eigenvalue weighted by molar-refractivity contribution is 5.13. The molecule has 1 aromatic rings. The maximum absolute atomic E-state index is 5.82. The molecule has 1 aliphatic heterocycles. The van der Waals surface area contributed by atoms with E-state index in [1.165, 1.54) is 18.4 Å². The summed E-state index contributed by atoms with van der Waals surface area (Å²) in [6.07, 6.45) is 2.60.